The third-order valence-electron chi connectivity index (χ3n) is 3.46. The summed E-state index contributed by atoms with van der Waals surface area (Å²) in [5, 5.41) is 18.2. The molecule has 0 atom stereocenters. The molecular weight excluding hydrogens is 360 g/mol. The van der Waals surface area contributed by atoms with Crippen molar-refractivity contribution in [1.29, 1.82) is 0 Å². The first-order chi connectivity index (χ1) is 12.0. The van der Waals surface area contributed by atoms with E-state index >= 15 is 0 Å². The van der Waals surface area contributed by atoms with E-state index in [-0.39, 0.29) is 5.69 Å². The molecule has 0 aliphatic rings. The number of halogens is 1. The number of nitrogens with one attached hydrogen (secondary N) is 1. The molecule has 0 aliphatic heterocycles. The molecule has 0 spiro atoms. The normalized spacial score (nSPS) is 11.4. The van der Waals surface area contributed by atoms with E-state index in [0.29, 0.717) is 15.9 Å². The lowest BCUT2D eigenvalue weighted by Crippen LogP contribution is -2.00. The number of non-ortho nitro benzene ring substituents is 1. The minimum atomic E-state index is -0.428. The number of benzene rings is 2. The quantitative estimate of drug-likeness (QED) is 0.379. The Hall–Kier alpha value is -2.77. The molecule has 0 saturated carbocycles. The van der Waals surface area contributed by atoms with Gasteiger partial charge in [-0.15, -0.1) is 11.3 Å². The number of hydrogen-bond donors (Lipinski definition) is 1. The van der Waals surface area contributed by atoms with Crippen LogP contribution in [0.5, 0.6) is 0 Å². The maximum atomic E-state index is 10.7. The Balaban J connectivity index is 1.71. The summed E-state index contributed by atoms with van der Waals surface area (Å²) >= 11 is 7.33. The number of nitro groups is 1. The van der Waals surface area contributed by atoms with Crippen LogP contribution in [0.15, 0.2) is 59.0 Å². The second-order valence-corrected chi connectivity index (χ2v) is 6.45. The predicted molar refractivity (Wildman–Crippen MR) is 101 cm³/mol. The van der Waals surface area contributed by atoms with Crippen molar-refractivity contribution in [2.75, 3.05) is 5.43 Å². The fraction of sp³-hybridized carbons (Fsp3) is 0.0588. The van der Waals surface area contributed by atoms with Gasteiger partial charge in [-0.25, -0.2) is 4.98 Å². The summed E-state index contributed by atoms with van der Waals surface area (Å²) in [4.78, 5) is 14.7. The predicted octanol–water partition coefficient (Wildman–Crippen LogP) is 5.21. The molecule has 8 heteroatoms. The van der Waals surface area contributed by atoms with Gasteiger partial charge < -0.3 is 0 Å². The largest absolute Gasteiger partial charge is 0.269 e. The maximum absolute atomic E-state index is 10.7. The van der Waals surface area contributed by atoms with Crippen molar-refractivity contribution in [3.63, 3.8) is 0 Å². The molecule has 0 bridgehead atoms. The Morgan fingerprint density at radius 1 is 1.20 bits per heavy atom. The molecule has 1 N–H and O–H groups in total. The van der Waals surface area contributed by atoms with Gasteiger partial charge in [-0.05, 0) is 36.8 Å². The molecule has 126 valence electrons. The van der Waals surface area contributed by atoms with E-state index in [1.807, 2.05) is 36.6 Å². The Kier molecular flexibility index (Phi) is 5.06. The highest BCUT2D eigenvalue weighted by Crippen LogP contribution is 2.26. The summed E-state index contributed by atoms with van der Waals surface area (Å²) in [6.45, 7) is 1.82. The monoisotopic (exact) mass is 372 g/mol. The number of hydrogen-bond acceptors (Lipinski definition) is 6. The van der Waals surface area contributed by atoms with E-state index in [4.69, 9.17) is 11.6 Å². The van der Waals surface area contributed by atoms with Crippen molar-refractivity contribution in [1.82, 2.24) is 4.98 Å². The van der Waals surface area contributed by atoms with E-state index < -0.39 is 4.92 Å². The van der Waals surface area contributed by atoms with Crippen molar-refractivity contribution in [2.24, 2.45) is 5.10 Å². The van der Waals surface area contributed by atoms with Crippen LogP contribution in [0.2, 0.25) is 5.02 Å². The van der Waals surface area contributed by atoms with Crippen LogP contribution in [0.25, 0.3) is 11.3 Å². The molecule has 0 saturated heterocycles. The number of thiazole rings is 1. The molecule has 0 fully saturated rings. The van der Waals surface area contributed by atoms with Crippen molar-refractivity contribution in [3.8, 4) is 11.3 Å². The van der Waals surface area contributed by atoms with Gasteiger partial charge in [-0.2, -0.15) is 5.10 Å². The minimum Gasteiger partial charge on any atom is -0.258 e. The molecule has 1 heterocycles. The first kappa shape index (κ1) is 17.1. The number of hydrazone groups is 1. The third-order valence-corrected chi connectivity index (χ3v) is 4.46. The van der Waals surface area contributed by atoms with E-state index in [2.05, 4.69) is 15.5 Å². The van der Waals surface area contributed by atoms with Crippen molar-refractivity contribution in [2.45, 2.75) is 6.92 Å². The van der Waals surface area contributed by atoms with Crippen LogP contribution in [-0.2, 0) is 0 Å². The van der Waals surface area contributed by atoms with Crippen LogP contribution in [-0.4, -0.2) is 15.6 Å². The van der Waals surface area contributed by atoms with Crippen LogP contribution in [0.1, 0.15) is 12.5 Å². The summed E-state index contributed by atoms with van der Waals surface area (Å²) < 4.78 is 0. The lowest BCUT2D eigenvalue weighted by atomic mass is 10.1. The fourth-order valence-electron chi connectivity index (χ4n) is 2.10. The van der Waals surface area contributed by atoms with Gasteiger partial charge in [0.15, 0.2) is 0 Å². The average Bonchev–Trinajstić information content (AvgIpc) is 3.09. The molecule has 25 heavy (non-hydrogen) atoms. The number of nitro benzene ring substituents is 1. The molecule has 0 amide bonds. The molecule has 6 nitrogen and oxygen atoms in total. The third kappa shape index (κ3) is 4.20. The zero-order valence-corrected chi connectivity index (χ0v) is 14.7. The Morgan fingerprint density at radius 2 is 1.88 bits per heavy atom. The number of rotatable bonds is 5. The second-order valence-electron chi connectivity index (χ2n) is 5.16. The van der Waals surface area contributed by atoms with Crippen molar-refractivity contribution in [3.05, 3.63) is 74.6 Å². The van der Waals surface area contributed by atoms with Gasteiger partial charge in [0, 0.05) is 28.1 Å². The fourth-order valence-corrected chi connectivity index (χ4v) is 2.89. The highest BCUT2D eigenvalue weighted by Gasteiger charge is 2.07. The van der Waals surface area contributed by atoms with E-state index in [0.717, 1.165) is 16.8 Å². The lowest BCUT2D eigenvalue weighted by molar-refractivity contribution is -0.384. The molecule has 0 aliphatic carbocycles. The summed E-state index contributed by atoms with van der Waals surface area (Å²) in [7, 11) is 0. The Labute approximate surface area is 153 Å². The summed E-state index contributed by atoms with van der Waals surface area (Å²) in [5.41, 5.74) is 6.29. The van der Waals surface area contributed by atoms with E-state index in [1.54, 1.807) is 12.1 Å². The Bertz CT molecular complexity index is 921. The van der Waals surface area contributed by atoms with Gasteiger partial charge >= 0.3 is 0 Å². The topological polar surface area (TPSA) is 80.4 Å². The highest BCUT2D eigenvalue weighted by atomic mass is 35.5. The zero-order chi connectivity index (χ0) is 17.8. The lowest BCUT2D eigenvalue weighted by Gasteiger charge is -2.01. The van der Waals surface area contributed by atoms with Gasteiger partial charge in [0.05, 0.1) is 16.3 Å². The molecule has 3 rings (SSSR count). The van der Waals surface area contributed by atoms with Gasteiger partial charge in [0.1, 0.15) is 0 Å². The smallest absolute Gasteiger partial charge is 0.258 e. The van der Waals surface area contributed by atoms with Crippen molar-refractivity contribution >= 4 is 39.5 Å². The van der Waals surface area contributed by atoms with Crippen molar-refractivity contribution < 1.29 is 4.92 Å². The highest BCUT2D eigenvalue weighted by molar-refractivity contribution is 7.14. The average molecular weight is 373 g/mol. The standard InChI is InChI=1S/C17H13ClN4O2S/c1-11(12-4-8-15(9-5-12)22(23)24)20-21-17-19-16(10-25-17)13-2-6-14(18)7-3-13/h2-10H,1H3,(H,19,21)/b20-11-. The molecule has 0 unspecified atom stereocenters. The second kappa shape index (κ2) is 7.42. The number of nitrogens with zero attached hydrogens (tertiary/aromatic N) is 3. The van der Waals surface area contributed by atoms with Gasteiger partial charge in [-0.3, -0.25) is 15.5 Å². The Morgan fingerprint density at radius 3 is 2.52 bits per heavy atom. The van der Waals surface area contributed by atoms with Gasteiger partial charge in [-0.1, -0.05) is 23.7 Å². The summed E-state index contributed by atoms with van der Waals surface area (Å²) in [6, 6.07) is 13.7. The number of anilines is 1. The summed E-state index contributed by atoms with van der Waals surface area (Å²) in [5.74, 6) is 0. The molecule has 2 aromatic carbocycles. The SMILES string of the molecule is C/C(=N/Nc1nc(-c2ccc(Cl)cc2)cs1)c1ccc([N+](=O)[O-])cc1. The van der Waals surface area contributed by atoms with E-state index in [9.17, 15) is 10.1 Å². The maximum Gasteiger partial charge on any atom is 0.269 e. The minimum absolute atomic E-state index is 0.0528. The first-order valence-electron chi connectivity index (χ1n) is 7.29. The first-order valence-corrected chi connectivity index (χ1v) is 8.55. The number of aromatic nitrogens is 1. The van der Waals surface area contributed by atoms with Crippen LogP contribution in [0.3, 0.4) is 0 Å². The summed E-state index contributed by atoms with van der Waals surface area (Å²) in [6.07, 6.45) is 0. The molecule has 1 aromatic heterocycles. The van der Waals surface area contributed by atoms with E-state index in [1.165, 1.54) is 23.5 Å². The zero-order valence-electron chi connectivity index (χ0n) is 13.1. The molecular formula is C17H13ClN4O2S. The van der Waals surface area contributed by atoms with Crippen LogP contribution in [0.4, 0.5) is 10.8 Å². The van der Waals surface area contributed by atoms with Crippen LogP contribution < -0.4 is 5.43 Å². The van der Waals surface area contributed by atoms with Crippen LogP contribution >= 0.6 is 22.9 Å². The van der Waals surface area contributed by atoms with Crippen LogP contribution in [0, 0.1) is 10.1 Å². The van der Waals surface area contributed by atoms with Gasteiger partial charge in [0.2, 0.25) is 5.13 Å². The van der Waals surface area contributed by atoms with Gasteiger partial charge in [0.25, 0.3) is 5.69 Å². The molecule has 3 aromatic rings. The molecule has 0 radical (unpaired) electrons.